The summed E-state index contributed by atoms with van der Waals surface area (Å²) in [7, 11) is 0. The minimum atomic E-state index is -0.199. The molecule has 0 bridgehead atoms. The average Bonchev–Trinajstić information content (AvgIpc) is 3.12. The van der Waals surface area contributed by atoms with Crippen LogP contribution >= 0.6 is 0 Å². The van der Waals surface area contributed by atoms with Gasteiger partial charge in [-0.15, -0.1) is 10.2 Å². The number of ether oxygens (including phenoxy) is 1. The Morgan fingerprint density at radius 2 is 1.89 bits per heavy atom. The van der Waals surface area contributed by atoms with E-state index in [1.807, 2.05) is 56.3 Å². The zero-order chi connectivity index (χ0) is 20.1. The van der Waals surface area contributed by atoms with E-state index in [1.165, 1.54) is 4.80 Å². The number of hydrogen-bond acceptors (Lipinski definition) is 5. The maximum Gasteiger partial charge on any atom is 0.248 e. The summed E-state index contributed by atoms with van der Waals surface area (Å²) in [6.07, 6.45) is 0. The number of tetrazole rings is 1. The van der Waals surface area contributed by atoms with Gasteiger partial charge in [0.2, 0.25) is 11.7 Å². The zero-order valence-electron chi connectivity index (χ0n) is 16.6. The second-order valence-electron chi connectivity index (χ2n) is 7.17. The lowest BCUT2D eigenvalue weighted by atomic mass is 10.1. The van der Waals surface area contributed by atoms with Crippen LogP contribution in [0.1, 0.15) is 25.0 Å². The van der Waals surface area contributed by atoms with Crippen LogP contribution in [0.4, 0.5) is 5.69 Å². The molecule has 1 heterocycles. The van der Waals surface area contributed by atoms with Crippen molar-refractivity contribution in [3.63, 3.8) is 0 Å². The van der Waals surface area contributed by atoms with Crippen LogP contribution < -0.4 is 10.1 Å². The lowest BCUT2D eigenvalue weighted by molar-refractivity contribution is -0.117. The lowest BCUT2D eigenvalue weighted by Crippen LogP contribution is -2.21. The fourth-order valence-corrected chi connectivity index (χ4v) is 2.59. The van der Waals surface area contributed by atoms with E-state index in [0.717, 1.165) is 28.1 Å². The molecule has 7 nitrogen and oxygen atoms in total. The van der Waals surface area contributed by atoms with Crippen LogP contribution in [-0.4, -0.2) is 32.7 Å². The van der Waals surface area contributed by atoms with Crippen molar-refractivity contribution in [2.75, 3.05) is 11.9 Å². The highest BCUT2D eigenvalue weighted by Gasteiger charge is 2.11. The molecule has 0 unspecified atom stereocenters. The van der Waals surface area contributed by atoms with Gasteiger partial charge in [-0.3, -0.25) is 4.79 Å². The number of benzene rings is 2. The quantitative estimate of drug-likeness (QED) is 0.678. The lowest BCUT2D eigenvalue weighted by Gasteiger charge is -2.09. The third-order valence-corrected chi connectivity index (χ3v) is 4.31. The number of aryl methyl sites for hydroxylation is 1. The number of aromatic nitrogens is 4. The van der Waals surface area contributed by atoms with E-state index in [0.29, 0.717) is 18.3 Å². The molecular formula is C21H25N5O2. The van der Waals surface area contributed by atoms with Crippen molar-refractivity contribution in [2.45, 2.75) is 34.2 Å². The van der Waals surface area contributed by atoms with E-state index in [-0.39, 0.29) is 12.5 Å². The summed E-state index contributed by atoms with van der Waals surface area (Å²) in [5.74, 6) is 1.54. The van der Waals surface area contributed by atoms with Gasteiger partial charge in [0.05, 0.1) is 6.61 Å². The first-order chi connectivity index (χ1) is 13.4. The monoisotopic (exact) mass is 379 g/mol. The molecule has 0 aliphatic carbocycles. The molecule has 0 saturated heterocycles. The summed E-state index contributed by atoms with van der Waals surface area (Å²) in [4.78, 5) is 13.6. The van der Waals surface area contributed by atoms with E-state index in [1.54, 1.807) is 0 Å². The Hall–Kier alpha value is -3.22. The fourth-order valence-electron chi connectivity index (χ4n) is 2.59. The van der Waals surface area contributed by atoms with Crippen LogP contribution in [0.2, 0.25) is 0 Å². The van der Waals surface area contributed by atoms with Gasteiger partial charge in [-0.05, 0) is 66.4 Å². The molecule has 1 aromatic heterocycles. The van der Waals surface area contributed by atoms with Gasteiger partial charge < -0.3 is 10.1 Å². The predicted octanol–water partition coefficient (Wildman–Crippen LogP) is 3.63. The standard InChI is InChI=1S/C21H25N5O2/c1-14(2)13-28-18-10-8-17(9-11-18)21-23-25-26(24-21)12-20(27)22-19-7-5-6-15(3)16(19)4/h5-11,14H,12-13H2,1-4H3,(H,22,27). The number of carbonyl (C=O) groups excluding carboxylic acids is 1. The molecule has 0 aliphatic rings. The van der Waals surface area contributed by atoms with Crippen molar-refractivity contribution in [3.05, 3.63) is 53.6 Å². The number of carbonyl (C=O) groups is 1. The molecule has 1 N–H and O–H groups in total. The van der Waals surface area contributed by atoms with Gasteiger partial charge in [0.15, 0.2) is 0 Å². The Morgan fingerprint density at radius 1 is 1.14 bits per heavy atom. The molecule has 0 radical (unpaired) electrons. The molecule has 2 aromatic carbocycles. The van der Waals surface area contributed by atoms with Crippen molar-refractivity contribution in [3.8, 4) is 17.1 Å². The molecule has 0 aliphatic heterocycles. The smallest absolute Gasteiger partial charge is 0.248 e. The molecule has 3 rings (SSSR count). The summed E-state index contributed by atoms with van der Waals surface area (Å²) in [6, 6.07) is 13.3. The van der Waals surface area contributed by atoms with Crippen LogP contribution in [0, 0.1) is 19.8 Å². The molecule has 146 valence electrons. The third kappa shape index (κ3) is 4.94. The highest BCUT2D eigenvalue weighted by atomic mass is 16.5. The average molecular weight is 379 g/mol. The first kappa shape index (κ1) is 19.5. The molecule has 7 heteroatoms. The van der Waals surface area contributed by atoms with Crippen molar-refractivity contribution in [1.82, 2.24) is 20.2 Å². The second-order valence-corrected chi connectivity index (χ2v) is 7.17. The maximum absolute atomic E-state index is 12.3. The van der Waals surface area contributed by atoms with Crippen molar-refractivity contribution in [2.24, 2.45) is 5.92 Å². The normalized spacial score (nSPS) is 10.9. The van der Waals surface area contributed by atoms with Crippen molar-refractivity contribution < 1.29 is 9.53 Å². The van der Waals surface area contributed by atoms with Gasteiger partial charge >= 0.3 is 0 Å². The third-order valence-electron chi connectivity index (χ3n) is 4.31. The Kier molecular flexibility index (Phi) is 6.03. The Balaban J connectivity index is 1.62. The first-order valence-corrected chi connectivity index (χ1v) is 9.29. The minimum Gasteiger partial charge on any atom is -0.493 e. The summed E-state index contributed by atoms with van der Waals surface area (Å²) >= 11 is 0. The van der Waals surface area contributed by atoms with Crippen LogP contribution in [0.15, 0.2) is 42.5 Å². The van der Waals surface area contributed by atoms with Crippen LogP contribution in [-0.2, 0) is 11.3 Å². The fraction of sp³-hybridized carbons (Fsp3) is 0.333. The van der Waals surface area contributed by atoms with Gasteiger partial charge in [0, 0.05) is 11.3 Å². The van der Waals surface area contributed by atoms with E-state index in [2.05, 4.69) is 34.6 Å². The molecule has 3 aromatic rings. The van der Waals surface area contributed by atoms with E-state index >= 15 is 0 Å². The number of amides is 1. The van der Waals surface area contributed by atoms with Crippen LogP contribution in [0.3, 0.4) is 0 Å². The summed E-state index contributed by atoms with van der Waals surface area (Å²) in [5.41, 5.74) is 3.78. The SMILES string of the molecule is Cc1cccc(NC(=O)Cn2nnc(-c3ccc(OCC(C)C)cc3)n2)c1C. The topological polar surface area (TPSA) is 81.9 Å². The van der Waals surface area contributed by atoms with Gasteiger partial charge in [0.1, 0.15) is 12.3 Å². The molecule has 0 spiro atoms. The molecule has 0 fully saturated rings. The number of nitrogens with zero attached hydrogens (tertiary/aromatic N) is 4. The van der Waals surface area contributed by atoms with Crippen LogP contribution in [0.25, 0.3) is 11.4 Å². The van der Waals surface area contributed by atoms with Crippen molar-refractivity contribution in [1.29, 1.82) is 0 Å². The summed E-state index contributed by atoms with van der Waals surface area (Å²) in [6.45, 7) is 8.86. The first-order valence-electron chi connectivity index (χ1n) is 9.29. The van der Waals surface area contributed by atoms with Gasteiger partial charge in [-0.25, -0.2) is 0 Å². The Morgan fingerprint density at radius 3 is 2.61 bits per heavy atom. The molecule has 1 amide bonds. The molecule has 0 saturated carbocycles. The van der Waals surface area contributed by atoms with Gasteiger partial charge in [0.25, 0.3) is 0 Å². The predicted molar refractivity (Wildman–Crippen MR) is 108 cm³/mol. The zero-order valence-corrected chi connectivity index (χ0v) is 16.6. The second kappa shape index (κ2) is 8.65. The van der Waals surface area contributed by atoms with Gasteiger partial charge in [-0.1, -0.05) is 26.0 Å². The largest absolute Gasteiger partial charge is 0.493 e. The Bertz CT molecular complexity index is 948. The number of nitrogens with one attached hydrogen (secondary N) is 1. The molecular weight excluding hydrogens is 354 g/mol. The van der Waals surface area contributed by atoms with Gasteiger partial charge in [-0.2, -0.15) is 4.80 Å². The Labute approximate surface area is 164 Å². The van der Waals surface area contributed by atoms with E-state index in [4.69, 9.17) is 4.74 Å². The van der Waals surface area contributed by atoms with Crippen molar-refractivity contribution >= 4 is 11.6 Å². The maximum atomic E-state index is 12.3. The molecule has 0 atom stereocenters. The number of hydrogen-bond donors (Lipinski definition) is 1. The van der Waals surface area contributed by atoms with E-state index in [9.17, 15) is 4.79 Å². The number of anilines is 1. The highest BCUT2D eigenvalue weighted by Crippen LogP contribution is 2.20. The summed E-state index contributed by atoms with van der Waals surface area (Å²) in [5, 5.41) is 15.2. The minimum absolute atomic E-state index is 0.00400. The summed E-state index contributed by atoms with van der Waals surface area (Å²) < 4.78 is 5.68. The number of rotatable bonds is 7. The van der Waals surface area contributed by atoms with Crippen LogP contribution in [0.5, 0.6) is 5.75 Å². The molecule has 28 heavy (non-hydrogen) atoms. The highest BCUT2D eigenvalue weighted by molar-refractivity contribution is 5.91. The van der Waals surface area contributed by atoms with E-state index < -0.39 is 0 Å².